The monoisotopic (exact) mass is 246 g/mol. The van der Waals surface area contributed by atoms with Gasteiger partial charge in [-0.1, -0.05) is 0 Å². The second-order valence-corrected chi connectivity index (χ2v) is 4.00. The van der Waals surface area contributed by atoms with E-state index in [1.807, 2.05) is 32.0 Å². The Balaban J connectivity index is 1.62. The van der Waals surface area contributed by atoms with Crippen LogP contribution < -0.4 is 10.6 Å². The molecule has 6 nitrogen and oxygen atoms in total. The lowest BCUT2D eigenvalue weighted by Crippen LogP contribution is -2.16. The fraction of sp³-hybridized carbons (Fsp3) is 0.417. The molecule has 18 heavy (non-hydrogen) atoms. The van der Waals surface area contributed by atoms with Gasteiger partial charge in [-0.05, 0) is 13.0 Å². The molecule has 0 aliphatic heterocycles. The Bertz CT molecular complexity index is 436. The van der Waals surface area contributed by atoms with E-state index in [9.17, 15) is 0 Å². The molecule has 0 saturated heterocycles. The topological polar surface area (TPSA) is 67.7 Å². The normalized spacial score (nSPS) is 10.5. The fourth-order valence-corrected chi connectivity index (χ4v) is 1.61. The van der Waals surface area contributed by atoms with Crippen molar-refractivity contribution in [2.45, 2.75) is 19.5 Å². The Morgan fingerprint density at radius 3 is 2.78 bits per heavy atom. The van der Waals surface area contributed by atoms with Crippen LogP contribution in [0.25, 0.3) is 0 Å². The predicted molar refractivity (Wildman–Crippen MR) is 70.1 cm³/mol. The van der Waals surface area contributed by atoms with Gasteiger partial charge in [0, 0.05) is 50.5 Å². The van der Waals surface area contributed by atoms with Crippen molar-refractivity contribution in [3.8, 4) is 0 Å². The minimum absolute atomic E-state index is 0.652. The molecule has 0 unspecified atom stereocenters. The molecule has 0 aliphatic carbocycles. The van der Waals surface area contributed by atoms with Crippen LogP contribution in [-0.2, 0) is 13.1 Å². The molecule has 0 saturated carbocycles. The molecule has 0 fully saturated rings. The molecule has 0 bridgehead atoms. The van der Waals surface area contributed by atoms with Crippen LogP contribution in [0.3, 0.4) is 0 Å². The Hall–Kier alpha value is -1.95. The Kier molecular flexibility index (Phi) is 4.66. The third-order valence-corrected chi connectivity index (χ3v) is 2.59. The summed E-state index contributed by atoms with van der Waals surface area (Å²) in [6.07, 6.45) is 10.4. The first-order valence-electron chi connectivity index (χ1n) is 6.03. The highest BCUT2D eigenvalue weighted by Gasteiger charge is 1.96. The third-order valence-electron chi connectivity index (χ3n) is 2.59. The number of nitrogens with zero attached hydrogens (tertiary/aromatic N) is 4. The average molecular weight is 246 g/mol. The number of aryl methyl sites for hydroxylation is 1. The first-order chi connectivity index (χ1) is 8.88. The van der Waals surface area contributed by atoms with E-state index in [-0.39, 0.29) is 0 Å². The molecule has 96 valence electrons. The van der Waals surface area contributed by atoms with E-state index in [4.69, 9.17) is 0 Å². The first kappa shape index (κ1) is 12.5. The molecule has 0 spiro atoms. The zero-order valence-electron chi connectivity index (χ0n) is 10.5. The van der Waals surface area contributed by atoms with Crippen LogP contribution in [0, 0.1) is 0 Å². The van der Waals surface area contributed by atoms with E-state index in [0.717, 1.165) is 31.6 Å². The second kappa shape index (κ2) is 6.70. The Morgan fingerprint density at radius 2 is 2.11 bits per heavy atom. The van der Waals surface area contributed by atoms with Crippen LogP contribution in [-0.4, -0.2) is 33.1 Å². The largest absolute Gasteiger partial charge is 0.357 e. The van der Waals surface area contributed by atoms with Gasteiger partial charge in [-0.2, -0.15) is 0 Å². The number of nitrogens with one attached hydrogen (secondary N) is 2. The van der Waals surface area contributed by atoms with E-state index < -0.39 is 0 Å². The summed E-state index contributed by atoms with van der Waals surface area (Å²) in [5.41, 5.74) is 1.09. The molecule has 2 heterocycles. The van der Waals surface area contributed by atoms with Gasteiger partial charge in [-0.25, -0.2) is 15.0 Å². The van der Waals surface area contributed by atoms with Crippen molar-refractivity contribution in [2.24, 2.45) is 0 Å². The molecular formula is C12H18N6. The van der Waals surface area contributed by atoms with E-state index in [1.165, 1.54) is 0 Å². The Morgan fingerprint density at radius 1 is 1.28 bits per heavy atom. The maximum absolute atomic E-state index is 4.16. The second-order valence-electron chi connectivity index (χ2n) is 4.00. The van der Waals surface area contributed by atoms with Gasteiger partial charge in [-0.3, -0.25) is 0 Å². The molecule has 2 aromatic heterocycles. The maximum Gasteiger partial charge on any atom is 0.222 e. The van der Waals surface area contributed by atoms with Gasteiger partial charge in [0.15, 0.2) is 0 Å². The van der Waals surface area contributed by atoms with Crippen molar-refractivity contribution in [1.29, 1.82) is 0 Å². The minimum atomic E-state index is 0.652. The van der Waals surface area contributed by atoms with Crippen molar-refractivity contribution in [2.75, 3.05) is 18.9 Å². The molecule has 0 aromatic carbocycles. The highest BCUT2D eigenvalue weighted by Crippen LogP contribution is 1.98. The van der Waals surface area contributed by atoms with Crippen molar-refractivity contribution in [3.05, 3.63) is 36.7 Å². The van der Waals surface area contributed by atoms with Crippen molar-refractivity contribution < 1.29 is 0 Å². The molecule has 2 rings (SSSR count). The molecule has 0 aliphatic rings. The summed E-state index contributed by atoms with van der Waals surface area (Å²) in [5, 5.41) is 6.26. The highest BCUT2D eigenvalue weighted by molar-refractivity contribution is 5.22. The van der Waals surface area contributed by atoms with Crippen LogP contribution in [0.2, 0.25) is 0 Å². The first-order valence-corrected chi connectivity index (χ1v) is 6.03. The Labute approximate surface area is 106 Å². The zero-order valence-corrected chi connectivity index (χ0v) is 10.5. The number of imidazole rings is 1. The summed E-state index contributed by atoms with van der Waals surface area (Å²) in [6, 6.07) is 0. The molecule has 0 atom stereocenters. The van der Waals surface area contributed by atoms with Crippen LogP contribution in [0.15, 0.2) is 31.1 Å². The number of aromatic nitrogens is 4. The van der Waals surface area contributed by atoms with Gasteiger partial charge in [0.05, 0.1) is 6.33 Å². The lowest BCUT2D eigenvalue weighted by molar-refractivity contribution is 0.580. The lowest BCUT2D eigenvalue weighted by atomic mass is 10.3. The van der Waals surface area contributed by atoms with Crippen LogP contribution in [0.5, 0.6) is 0 Å². The predicted octanol–water partition coefficient (Wildman–Crippen LogP) is 0.895. The van der Waals surface area contributed by atoms with Gasteiger partial charge >= 0.3 is 0 Å². The van der Waals surface area contributed by atoms with Gasteiger partial charge in [-0.15, -0.1) is 0 Å². The average Bonchev–Trinajstić information content (AvgIpc) is 2.92. The zero-order chi connectivity index (χ0) is 12.6. The van der Waals surface area contributed by atoms with E-state index in [1.54, 1.807) is 6.20 Å². The number of rotatable bonds is 7. The van der Waals surface area contributed by atoms with Gasteiger partial charge in [0.25, 0.3) is 0 Å². The van der Waals surface area contributed by atoms with Crippen LogP contribution >= 0.6 is 0 Å². The van der Waals surface area contributed by atoms with Crippen molar-refractivity contribution >= 4 is 5.95 Å². The molecule has 0 amide bonds. The molecule has 0 radical (unpaired) electrons. The van der Waals surface area contributed by atoms with Gasteiger partial charge in [0.1, 0.15) is 0 Å². The van der Waals surface area contributed by atoms with Gasteiger partial charge in [0.2, 0.25) is 5.95 Å². The summed E-state index contributed by atoms with van der Waals surface area (Å²) in [6.45, 7) is 2.75. The molecule has 2 aromatic rings. The number of hydrogen-bond donors (Lipinski definition) is 2. The summed E-state index contributed by atoms with van der Waals surface area (Å²) in [5.74, 6) is 0.652. The fourth-order valence-electron chi connectivity index (χ4n) is 1.61. The third kappa shape index (κ3) is 3.81. The van der Waals surface area contributed by atoms with Crippen molar-refractivity contribution in [1.82, 2.24) is 24.8 Å². The van der Waals surface area contributed by atoms with Gasteiger partial charge < -0.3 is 15.2 Å². The SMILES string of the molecule is CNc1ncc(CNCCCn2ccnc2)cn1. The highest BCUT2D eigenvalue weighted by atomic mass is 15.1. The summed E-state index contributed by atoms with van der Waals surface area (Å²) in [7, 11) is 1.81. The summed E-state index contributed by atoms with van der Waals surface area (Å²) in [4.78, 5) is 12.3. The molecular weight excluding hydrogens is 228 g/mol. The maximum atomic E-state index is 4.16. The smallest absolute Gasteiger partial charge is 0.222 e. The van der Waals surface area contributed by atoms with E-state index in [0.29, 0.717) is 5.95 Å². The van der Waals surface area contributed by atoms with Crippen LogP contribution in [0.4, 0.5) is 5.95 Å². The van der Waals surface area contributed by atoms with Crippen LogP contribution in [0.1, 0.15) is 12.0 Å². The number of anilines is 1. The summed E-state index contributed by atoms with van der Waals surface area (Å²) < 4.78 is 2.08. The van der Waals surface area contributed by atoms with E-state index >= 15 is 0 Å². The standard InChI is InChI=1S/C12H18N6/c1-13-12-16-8-11(9-17-12)7-14-3-2-5-18-6-4-15-10-18/h4,6,8-10,14H,2-3,5,7H2,1H3,(H,13,16,17). The number of hydrogen-bond acceptors (Lipinski definition) is 5. The minimum Gasteiger partial charge on any atom is -0.357 e. The molecule has 2 N–H and O–H groups in total. The lowest BCUT2D eigenvalue weighted by Gasteiger charge is -2.05. The molecule has 6 heteroatoms. The van der Waals surface area contributed by atoms with E-state index in [2.05, 4.69) is 30.2 Å². The quantitative estimate of drug-likeness (QED) is 0.710. The summed E-state index contributed by atoms with van der Waals surface area (Å²) >= 11 is 0. The van der Waals surface area contributed by atoms with Crippen molar-refractivity contribution in [3.63, 3.8) is 0 Å².